The first-order chi connectivity index (χ1) is 11.0. The zero-order valence-corrected chi connectivity index (χ0v) is 13.4. The van der Waals surface area contributed by atoms with Gasteiger partial charge in [-0.05, 0) is 31.9 Å². The molecular formula is C16H20N4O3. The van der Waals surface area contributed by atoms with Gasteiger partial charge in [0.25, 0.3) is 11.6 Å². The second-order valence-electron chi connectivity index (χ2n) is 5.34. The topological polar surface area (TPSA) is 90.1 Å². The van der Waals surface area contributed by atoms with Gasteiger partial charge in [-0.25, -0.2) is 0 Å². The molecule has 23 heavy (non-hydrogen) atoms. The van der Waals surface area contributed by atoms with Crippen LogP contribution in [-0.4, -0.2) is 20.6 Å². The summed E-state index contributed by atoms with van der Waals surface area (Å²) in [5, 5.41) is 18.2. The fraction of sp³-hybridized carbons (Fsp3) is 0.375. The van der Waals surface area contributed by atoms with E-state index in [1.54, 1.807) is 23.9 Å². The summed E-state index contributed by atoms with van der Waals surface area (Å²) in [5.41, 5.74) is 1.58. The van der Waals surface area contributed by atoms with Crippen LogP contribution in [0, 0.1) is 17.0 Å². The van der Waals surface area contributed by atoms with E-state index in [2.05, 4.69) is 10.4 Å². The van der Waals surface area contributed by atoms with Gasteiger partial charge in [-0.2, -0.15) is 5.10 Å². The number of rotatable bonds is 6. The highest BCUT2D eigenvalue weighted by molar-refractivity contribution is 5.98. The summed E-state index contributed by atoms with van der Waals surface area (Å²) in [6.07, 6.45) is 4.25. The number of amides is 1. The minimum Gasteiger partial charge on any atom is -0.345 e. The van der Waals surface area contributed by atoms with Gasteiger partial charge < -0.3 is 5.32 Å². The van der Waals surface area contributed by atoms with Gasteiger partial charge in [0.2, 0.25) is 0 Å². The molecule has 1 heterocycles. The number of hydrogen-bond acceptors (Lipinski definition) is 4. The molecule has 1 aromatic heterocycles. The first-order valence-corrected chi connectivity index (χ1v) is 7.54. The van der Waals surface area contributed by atoms with E-state index >= 15 is 0 Å². The third kappa shape index (κ3) is 3.74. The number of carbonyl (C=O) groups excluding carboxylic acids is 1. The molecule has 0 unspecified atom stereocenters. The van der Waals surface area contributed by atoms with E-state index < -0.39 is 10.8 Å². The van der Waals surface area contributed by atoms with Crippen LogP contribution in [0.1, 0.15) is 47.8 Å². The van der Waals surface area contributed by atoms with Crippen LogP contribution in [0.3, 0.4) is 0 Å². The van der Waals surface area contributed by atoms with Crippen molar-refractivity contribution in [1.29, 1.82) is 0 Å². The minimum atomic E-state index is -0.537. The molecule has 0 aliphatic heterocycles. The van der Waals surface area contributed by atoms with Crippen molar-refractivity contribution < 1.29 is 9.72 Å². The monoisotopic (exact) mass is 316 g/mol. The summed E-state index contributed by atoms with van der Waals surface area (Å²) in [4.78, 5) is 23.1. The Bertz CT molecular complexity index is 724. The standard InChI is InChI=1S/C16H20N4O3/c1-4-14(12-9-17-19(5-2)10-12)18-16(21)13-8-11(3)6-7-15(13)20(22)23/h6-10,14H,4-5H2,1-3H3,(H,18,21)/t14-/m1/s1. The second kappa shape index (κ2) is 7.04. The van der Waals surface area contributed by atoms with E-state index in [0.29, 0.717) is 6.42 Å². The lowest BCUT2D eigenvalue weighted by Crippen LogP contribution is -2.28. The van der Waals surface area contributed by atoms with Crippen molar-refractivity contribution in [3.05, 3.63) is 57.4 Å². The maximum Gasteiger partial charge on any atom is 0.282 e. The quantitative estimate of drug-likeness (QED) is 0.655. The van der Waals surface area contributed by atoms with Crippen molar-refractivity contribution in [3.63, 3.8) is 0 Å². The molecule has 122 valence electrons. The van der Waals surface area contributed by atoms with Crippen molar-refractivity contribution in [3.8, 4) is 0 Å². The average Bonchev–Trinajstić information content (AvgIpc) is 3.00. The maximum absolute atomic E-state index is 12.5. The smallest absolute Gasteiger partial charge is 0.282 e. The first-order valence-electron chi connectivity index (χ1n) is 7.54. The molecule has 7 nitrogen and oxygen atoms in total. The highest BCUT2D eigenvalue weighted by Gasteiger charge is 2.23. The van der Waals surface area contributed by atoms with E-state index in [0.717, 1.165) is 17.7 Å². The fourth-order valence-electron chi connectivity index (χ4n) is 2.38. The predicted molar refractivity (Wildman–Crippen MR) is 86.2 cm³/mol. The molecule has 0 bridgehead atoms. The Morgan fingerprint density at radius 3 is 2.74 bits per heavy atom. The molecule has 0 saturated heterocycles. The molecule has 2 rings (SSSR count). The molecule has 0 fully saturated rings. The van der Waals surface area contributed by atoms with E-state index in [1.807, 2.05) is 20.0 Å². The molecule has 1 N–H and O–H groups in total. The summed E-state index contributed by atoms with van der Waals surface area (Å²) in [7, 11) is 0. The number of nitrogens with zero attached hydrogens (tertiary/aromatic N) is 3. The fourth-order valence-corrected chi connectivity index (χ4v) is 2.38. The molecule has 2 aromatic rings. The maximum atomic E-state index is 12.5. The molecule has 1 atom stereocenters. The van der Waals surface area contributed by atoms with Crippen molar-refractivity contribution >= 4 is 11.6 Å². The highest BCUT2D eigenvalue weighted by atomic mass is 16.6. The average molecular weight is 316 g/mol. The Hall–Kier alpha value is -2.70. The Labute approximate surface area is 134 Å². The van der Waals surface area contributed by atoms with Gasteiger partial charge in [0.1, 0.15) is 5.56 Å². The number of nitro groups is 1. The Balaban J connectivity index is 2.26. The Morgan fingerprint density at radius 1 is 1.43 bits per heavy atom. The van der Waals surface area contributed by atoms with Gasteiger partial charge in [-0.1, -0.05) is 13.0 Å². The first kappa shape index (κ1) is 16.7. The zero-order valence-electron chi connectivity index (χ0n) is 13.4. The van der Waals surface area contributed by atoms with Gasteiger partial charge in [0.05, 0.1) is 17.2 Å². The highest BCUT2D eigenvalue weighted by Crippen LogP contribution is 2.22. The molecule has 0 aliphatic rings. The Morgan fingerprint density at radius 2 is 2.17 bits per heavy atom. The number of nitrogens with one attached hydrogen (secondary N) is 1. The zero-order chi connectivity index (χ0) is 17.0. The summed E-state index contributed by atoms with van der Waals surface area (Å²) >= 11 is 0. The van der Waals surface area contributed by atoms with Crippen LogP contribution in [0.25, 0.3) is 0 Å². The molecule has 0 saturated carbocycles. The molecule has 1 amide bonds. The van der Waals surface area contributed by atoms with Crippen molar-refractivity contribution in [1.82, 2.24) is 15.1 Å². The third-order valence-corrected chi connectivity index (χ3v) is 3.69. The van der Waals surface area contributed by atoms with Crippen LogP contribution < -0.4 is 5.32 Å². The van der Waals surface area contributed by atoms with E-state index in [1.165, 1.54) is 12.1 Å². The van der Waals surface area contributed by atoms with Gasteiger partial charge in [-0.3, -0.25) is 19.6 Å². The number of carbonyl (C=O) groups is 1. The van der Waals surface area contributed by atoms with Crippen LogP contribution in [0.5, 0.6) is 0 Å². The molecule has 0 aliphatic carbocycles. The lowest BCUT2D eigenvalue weighted by Gasteiger charge is -2.15. The van der Waals surface area contributed by atoms with E-state index in [9.17, 15) is 14.9 Å². The normalized spacial score (nSPS) is 12.0. The predicted octanol–water partition coefficient (Wildman–Crippen LogP) is 3.00. The van der Waals surface area contributed by atoms with Crippen molar-refractivity contribution in [2.75, 3.05) is 0 Å². The lowest BCUT2D eigenvalue weighted by molar-refractivity contribution is -0.385. The van der Waals surface area contributed by atoms with Gasteiger partial charge in [-0.15, -0.1) is 0 Å². The molecule has 0 spiro atoms. The number of nitro benzene ring substituents is 1. The summed E-state index contributed by atoms with van der Waals surface area (Å²) in [6, 6.07) is 4.29. The van der Waals surface area contributed by atoms with Gasteiger partial charge >= 0.3 is 0 Å². The van der Waals surface area contributed by atoms with Crippen LogP contribution in [-0.2, 0) is 6.54 Å². The largest absolute Gasteiger partial charge is 0.345 e. The number of benzene rings is 1. The van der Waals surface area contributed by atoms with Crippen LogP contribution in [0.15, 0.2) is 30.6 Å². The number of aromatic nitrogens is 2. The summed E-state index contributed by atoms with van der Waals surface area (Å²) in [5.74, 6) is -0.448. The summed E-state index contributed by atoms with van der Waals surface area (Å²) < 4.78 is 1.78. The molecule has 0 radical (unpaired) electrons. The van der Waals surface area contributed by atoms with Crippen molar-refractivity contribution in [2.45, 2.75) is 39.8 Å². The molecule has 7 heteroatoms. The van der Waals surface area contributed by atoms with Crippen molar-refractivity contribution in [2.24, 2.45) is 0 Å². The van der Waals surface area contributed by atoms with Crippen LogP contribution in [0.2, 0.25) is 0 Å². The van der Waals surface area contributed by atoms with Crippen LogP contribution >= 0.6 is 0 Å². The van der Waals surface area contributed by atoms with E-state index in [4.69, 9.17) is 0 Å². The van der Waals surface area contributed by atoms with E-state index in [-0.39, 0.29) is 17.3 Å². The summed E-state index contributed by atoms with van der Waals surface area (Å²) in [6.45, 7) is 6.46. The third-order valence-electron chi connectivity index (χ3n) is 3.69. The minimum absolute atomic E-state index is 0.0799. The lowest BCUT2D eigenvalue weighted by atomic mass is 10.1. The Kier molecular flexibility index (Phi) is 5.10. The molecule has 1 aromatic carbocycles. The number of aryl methyl sites for hydroxylation is 2. The SMILES string of the molecule is CC[C@@H](NC(=O)c1cc(C)ccc1[N+](=O)[O-])c1cnn(CC)c1. The van der Waals surface area contributed by atoms with Gasteiger partial charge in [0, 0.05) is 24.4 Å². The van der Waals surface area contributed by atoms with Crippen LogP contribution in [0.4, 0.5) is 5.69 Å². The number of hydrogen-bond donors (Lipinski definition) is 1. The molecular weight excluding hydrogens is 296 g/mol. The van der Waals surface area contributed by atoms with Gasteiger partial charge in [0.15, 0.2) is 0 Å². The second-order valence-corrected chi connectivity index (χ2v) is 5.34.